The standard InChI is InChI=1S/C26H44N4O3/c1-25(2,3)9-11-29-12-10-26(19-27,20-29)28-24(32)22(17-21-7-5-4-6-8-21)18-23(31)30-13-15-33-16-14-30/h21-22H,4-18,20H2,1-3H3,(H,28,32)/t22-,26?/m1/s1. The second-order valence-corrected chi connectivity index (χ2v) is 11.7. The lowest BCUT2D eigenvalue weighted by atomic mass is 9.81. The number of hydrogen-bond acceptors (Lipinski definition) is 5. The van der Waals surface area contributed by atoms with Gasteiger partial charge in [0.05, 0.1) is 19.3 Å². The van der Waals surface area contributed by atoms with Gasteiger partial charge in [0.2, 0.25) is 11.8 Å². The number of likely N-dealkylation sites (tertiary alicyclic amines) is 1. The molecule has 2 atom stereocenters. The summed E-state index contributed by atoms with van der Waals surface area (Å²) < 4.78 is 5.38. The summed E-state index contributed by atoms with van der Waals surface area (Å²) in [7, 11) is 0. The predicted octanol–water partition coefficient (Wildman–Crippen LogP) is 3.34. The third-order valence-corrected chi connectivity index (χ3v) is 7.60. The fourth-order valence-electron chi connectivity index (χ4n) is 5.39. The average Bonchev–Trinajstić information content (AvgIpc) is 3.21. The lowest BCUT2D eigenvalue weighted by Crippen LogP contribution is -2.52. The van der Waals surface area contributed by atoms with Crippen LogP contribution in [0, 0.1) is 28.6 Å². The molecular formula is C26H44N4O3. The number of morpholine rings is 1. The molecule has 1 unspecified atom stereocenters. The molecule has 3 rings (SSSR count). The molecule has 1 N–H and O–H groups in total. The minimum Gasteiger partial charge on any atom is -0.378 e. The Morgan fingerprint density at radius 3 is 2.48 bits per heavy atom. The van der Waals surface area contributed by atoms with Crippen LogP contribution >= 0.6 is 0 Å². The molecule has 2 aliphatic heterocycles. The van der Waals surface area contributed by atoms with Crippen LogP contribution in [0.25, 0.3) is 0 Å². The van der Waals surface area contributed by atoms with Crippen LogP contribution in [-0.2, 0) is 14.3 Å². The Balaban J connectivity index is 1.63. The molecule has 0 spiro atoms. The number of carbonyl (C=O) groups is 2. The molecule has 2 saturated heterocycles. The van der Waals surface area contributed by atoms with E-state index in [0.717, 1.165) is 38.8 Å². The molecule has 2 amide bonds. The summed E-state index contributed by atoms with van der Waals surface area (Å²) in [5, 5.41) is 13.1. The first-order valence-corrected chi connectivity index (χ1v) is 13.0. The van der Waals surface area contributed by atoms with E-state index < -0.39 is 5.54 Å². The fourth-order valence-corrected chi connectivity index (χ4v) is 5.39. The van der Waals surface area contributed by atoms with Crippen molar-refractivity contribution in [2.24, 2.45) is 17.3 Å². The number of hydrogen-bond donors (Lipinski definition) is 1. The zero-order valence-electron chi connectivity index (χ0n) is 21.0. The Hall–Kier alpha value is -1.65. The molecule has 186 valence electrons. The van der Waals surface area contributed by atoms with E-state index in [1.807, 2.05) is 4.90 Å². The maximum Gasteiger partial charge on any atom is 0.224 e. The molecule has 1 saturated carbocycles. The highest BCUT2D eigenvalue weighted by Gasteiger charge is 2.41. The maximum absolute atomic E-state index is 13.5. The van der Waals surface area contributed by atoms with Crippen LogP contribution in [0.3, 0.4) is 0 Å². The van der Waals surface area contributed by atoms with E-state index in [-0.39, 0.29) is 29.6 Å². The van der Waals surface area contributed by atoms with E-state index >= 15 is 0 Å². The van der Waals surface area contributed by atoms with Crippen molar-refractivity contribution in [2.75, 3.05) is 45.9 Å². The summed E-state index contributed by atoms with van der Waals surface area (Å²) in [6, 6.07) is 2.43. The lowest BCUT2D eigenvalue weighted by molar-refractivity contribution is -0.140. The second kappa shape index (κ2) is 11.7. The monoisotopic (exact) mass is 460 g/mol. The Kier molecular flexibility index (Phi) is 9.17. The maximum atomic E-state index is 13.5. The van der Waals surface area contributed by atoms with Crippen LogP contribution in [0.5, 0.6) is 0 Å². The summed E-state index contributed by atoms with van der Waals surface area (Å²) >= 11 is 0. The number of carbonyl (C=O) groups excluding carboxylic acids is 2. The molecule has 3 aliphatic rings. The van der Waals surface area contributed by atoms with Gasteiger partial charge in [-0.2, -0.15) is 5.26 Å². The summed E-state index contributed by atoms with van der Waals surface area (Å²) in [5.74, 6) is 0.0640. The summed E-state index contributed by atoms with van der Waals surface area (Å²) in [6.45, 7) is 11.3. The van der Waals surface area contributed by atoms with E-state index in [0.29, 0.717) is 45.2 Å². The van der Waals surface area contributed by atoms with Gasteiger partial charge in [-0.05, 0) is 37.1 Å². The molecule has 0 aromatic heterocycles. The molecule has 0 radical (unpaired) electrons. The van der Waals surface area contributed by atoms with E-state index in [1.54, 1.807) is 0 Å². The van der Waals surface area contributed by atoms with E-state index in [4.69, 9.17) is 4.74 Å². The normalized spacial score (nSPS) is 26.1. The van der Waals surface area contributed by atoms with Gasteiger partial charge >= 0.3 is 0 Å². The van der Waals surface area contributed by atoms with Gasteiger partial charge in [0.15, 0.2) is 0 Å². The van der Waals surface area contributed by atoms with Crippen molar-refractivity contribution in [1.29, 1.82) is 5.26 Å². The van der Waals surface area contributed by atoms with Crippen molar-refractivity contribution in [3.63, 3.8) is 0 Å². The summed E-state index contributed by atoms with van der Waals surface area (Å²) in [6.07, 6.45) is 8.64. The van der Waals surface area contributed by atoms with Gasteiger partial charge in [0.1, 0.15) is 5.54 Å². The Morgan fingerprint density at radius 2 is 1.85 bits per heavy atom. The molecule has 3 fully saturated rings. The first kappa shape index (κ1) is 26.0. The van der Waals surface area contributed by atoms with E-state index in [1.165, 1.54) is 19.3 Å². The molecule has 2 heterocycles. The SMILES string of the molecule is CC(C)(C)CCN1CCC(C#N)(NC(=O)[C@@H](CC(=O)N2CCOCC2)CC2CCCCC2)C1. The molecule has 7 heteroatoms. The number of nitrogens with zero attached hydrogens (tertiary/aromatic N) is 3. The van der Waals surface area contributed by atoms with Crippen molar-refractivity contribution < 1.29 is 14.3 Å². The van der Waals surface area contributed by atoms with Gasteiger partial charge in [-0.25, -0.2) is 0 Å². The predicted molar refractivity (Wildman–Crippen MR) is 128 cm³/mol. The lowest BCUT2D eigenvalue weighted by Gasteiger charge is -2.32. The highest BCUT2D eigenvalue weighted by Crippen LogP contribution is 2.32. The molecular weight excluding hydrogens is 416 g/mol. The average molecular weight is 461 g/mol. The highest BCUT2D eigenvalue weighted by atomic mass is 16.5. The van der Waals surface area contributed by atoms with Crippen molar-refractivity contribution in [2.45, 2.75) is 84.1 Å². The number of rotatable bonds is 8. The Morgan fingerprint density at radius 1 is 1.15 bits per heavy atom. The quantitative estimate of drug-likeness (QED) is 0.600. The van der Waals surface area contributed by atoms with E-state index in [2.05, 4.69) is 37.1 Å². The fraction of sp³-hybridized carbons (Fsp3) is 0.885. The van der Waals surface area contributed by atoms with Gasteiger partial charge in [-0.15, -0.1) is 0 Å². The Labute approximate surface area is 200 Å². The molecule has 0 bridgehead atoms. The highest BCUT2D eigenvalue weighted by molar-refractivity contribution is 5.86. The molecule has 0 aromatic rings. The topological polar surface area (TPSA) is 85.7 Å². The van der Waals surface area contributed by atoms with Crippen LogP contribution in [0.2, 0.25) is 0 Å². The molecule has 1 aliphatic carbocycles. The number of amides is 2. The van der Waals surface area contributed by atoms with Crippen molar-refractivity contribution in [3.8, 4) is 6.07 Å². The van der Waals surface area contributed by atoms with Gasteiger partial charge in [-0.3, -0.25) is 14.5 Å². The van der Waals surface area contributed by atoms with Crippen molar-refractivity contribution in [3.05, 3.63) is 0 Å². The zero-order valence-corrected chi connectivity index (χ0v) is 21.0. The van der Waals surface area contributed by atoms with E-state index in [9.17, 15) is 14.9 Å². The second-order valence-electron chi connectivity index (χ2n) is 11.7. The third-order valence-electron chi connectivity index (χ3n) is 7.60. The number of nitriles is 1. The molecule has 33 heavy (non-hydrogen) atoms. The van der Waals surface area contributed by atoms with Gasteiger partial charge in [-0.1, -0.05) is 52.9 Å². The van der Waals surface area contributed by atoms with Crippen LogP contribution in [-0.4, -0.2) is 73.1 Å². The van der Waals surface area contributed by atoms with Crippen LogP contribution in [0.1, 0.15) is 78.6 Å². The first-order valence-electron chi connectivity index (χ1n) is 13.0. The minimum absolute atomic E-state index is 0.0403. The minimum atomic E-state index is -0.845. The summed E-state index contributed by atoms with van der Waals surface area (Å²) in [4.78, 5) is 30.6. The van der Waals surface area contributed by atoms with Crippen molar-refractivity contribution in [1.82, 2.24) is 15.1 Å². The number of nitrogens with one attached hydrogen (secondary N) is 1. The molecule has 0 aromatic carbocycles. The van der Waals surface area contributed by atoms with Gasteiger partial charge < -0.3 is 15.0 Å². The first-order chi connectivity index (χ1) is 15.7. The smallest absolute Gasteiger partial charge is 0.224 e. The number of ether oxygens (including phenoxy) is 1. The van der Waals surface area contributed by atoms with Crippen LogP contribution in [0.4, 0.5) is 0 Å². The molecule has 7 nitrogen and oxygen atoms in total. The summed E-state index contributed by atoms with van der Waals surface area (Å²) in [5.41, 5.74) is -0.603. The largest absolute Gasteiger partial charge is 0.378 e. The third kappa shape index (κ3) is 7.96. The van der Waals surface area contributed by atoms with Crippen LogP contribution < -0.4 is 5.32 Å². The van der Waals surface area contributed by atoms with Gasteiger partial charge in [0, 0.05) is 38.5 Å². The Bertz CT molecular complexity index is 701. The van der Waals surface area contributed by atoms with Gasteiger partial charge in [0.25, 0.3) is 0 Å². The zero-order chi connectivity index (χ0) is 23.9. The van der Waals surface area contributed by atoms with Crippen LogP contribution in [0.15, 0.2) is 0 Å². The van der Waals surface area contributed by atoms with Crippen molar-refractivity contribution >= 4 is 11.8 Å².